The van der Waals surface area contributed by atoms with Gasteiger partial charge in [-0.3, -0.25) is 19.7 Å². The monoisotopic (exact) mass is 225 g/mol. The van der Waals surface area contributed by atoms with Gasteiger partial charge in [0.05, 0.1) is 0 Å². The summed E-state index contributed by atoms with van der Waals surface area (Å²) in [5.41, 5.74) is -1.67. The fraction of sp³-hybridized carbons (Fsp3) is 0.636. The van der Waals surface area contributed by atoms with E-state index in [1.54, 1.807) is 0 Å². The molecular formula is C11H15NO4. The minimum absolute atomic E-state index is 0.198. The summed E-state index contributed by atoms with van der Waals surface area (Å²) in [6, 6.07) is 0. The second kappa shape index (κ2) is 5.53. The third kappa shape index (κ3) is 2.53. The third-order valence-electron chi connectivity index (χ3n) is 2.97. The maximum Gasteiger partial charge on any atom is 0.297 e. The van der Waals surface area contributed by atoms with E-state index in [4.69, 9.17) is 0 Å². The van der Waals surface area contributed by atoms with Gasteiger partial charge in [0.2, 0.25) is 5.78 Å². The SMILES string of the molecule is O=C/C=C/[C@]1([N+](=O)[O-])CCCCCCC1=O. The predicted octanol–water partition coefficient (Wildman–Crippen LogP) is 1.68. The Hall–Kier alpha value is -1.52. The molecule has 88 valence electrons. The molecule has 0 radical (unpaired) electrons. The van der Waals surface area contributed by atoms with Crippen LogP contribution >= 0.6 is 0 Å². The zero-order valence-corrected chi connectivity index (χ0v) is 9.05. The average molecular weight is 225 g/mol. The molecule has 0 amide bonds. The lowest BCUT2D eigenvalue weighted by atomic mass is 9.83. The molecule has 1 rings (SSSR count). The molecule has 0 aromatic carbocycles. The summed E-state index contributed by atoms with van der Waals surface area (Å²) in [4.78, 5) is 32.6. The van der Waals surface area contributed by atoms with Crippen molar-refractivity contribution in [2.45, 2.75) is 44.1 Å². The van der Waals surface area contributed by atoms with Crippen LogP contribution in [0.5, 0.6) is 0 Å². The van der Waals surface area contributed by atoms with Gasteiger partial charge >= 0.3 is 0 Å². The van der Waals surface area contributed by atoms with E-state index >= 15 is 0 Å². The summed E-state index contributed by atoms with van der Waals surface area (Å²) in [5.74, 6) is -0.379. The van der Waals surface area contributed by atoms with Crippen molar-refractivity contribution in [2.24, 2.45) is 0 Å². The van der Waals surface area contributed by atoms with Crippen LogP contribution in [0.1, 0.15) is 38.5 Å². The topological polar surface area (TPSA) is 77.3 Å². The molecule has 1 aliphatic carbocycles. The Morgan fingerprint density at radius 1 is 1.25 bits per heavy atom. The molecular weight excluding hydrogens is 210 g/mol. The molecule has 1 aliphatic rings. The summed E-state index contributed by atoms with van der Waals surface area (Å²) < 4.78 is 0. The van der Waals surface area contributed by atoms with E-state index in [0.29, 0.717) is 19.1 Å². The Kier molecular flexibility index (Phi) is 4.34. The molecule has 0 bridgehead atoms. The number of carbonyl (C=O) groups is 2. The molecule has 1 fully saturated rings. The Balaban J connectivity index is 3.01. The van der Waals surface area contributed by atoms with Gasteiger partial charge in [0.15, 0.2) is 0 Å². The van der Waals surface area contributed by atoms with Crippen LogP contribution < -0.4 is 0 Å². The zero-order chi connectivity index (χ0) is 12.0. The van der Waals surface area contributed by atoms with E-state index in [1.165, 1.54) is 0 Å². The fourth-order valence-electron chi connectivity index (χ4n) is 2.02. The number of rotatable bonds is 3. The Labute approximate surface area is 93.7 Å². The van der Waals surface area contributed by atoms with E-state index in [2.05, 4.69) is 0 Å². The first kappa shape index (κ1) is 12.5. The lowest BCUT2D eigenvalue weighted by molar-refractivity contribution is -0.539. The number of ketones is 1. The van der Waals surface area contributed by atoms with Gasteiger partial charge in [0.25, 0.3) is 5.54 Å². The van der Waals surface area contributed by atoms with Gasteiger partial charge in [-0.1, -0.05) is 12.8 Å². The Bertz CT molecular complexity index is 324. The first-order valence-electron chi connectivity index (χ1n) is 5.44. The van der Waals surface area contributed by atoms with Crippen molar-refractivity contribution in [2.75, 3.05) is 0 Å². The average Bonchev–Trinajstić information content (AvgIpc) is 2.23. The first-order chi connectivity index (χ1) is 7.63. The third-order valence-corrected chi connectivity index (χ3v) is 2.97. The van der Waals surface area contributed by atoms with Crippen molar-refractivity contribution >= 4 is 12.1 Å². The number of allylic oxidation sites excluding steroid dienone is 1. The molecule has 0 saturated heterocycles. The van der Waals surface area contributed by atoms with E-state index in [9.17, 15) is 19.7 Å². The highest BCUT2D eigenvalue weighted by Crippen LogP contribution is 2.27. The molecule has 0 unspecified atom stereocenters. The predicted molar refractivity (Wildman–Crippen MR) is 57.6 cm³/mol. The fourth-order valence-corrected chi connectivity index (χ4v) is 2.02. The molecule has 1 atom stereocenters. The normalized spacial score (nSPS) is 27.4. The number of hydrogen-bond acceptors (Lipinski definition) is 4. The van der Waals surface area contributed by atoms with E-state index < -0.39 is 10.5 Å². The summed E-state index contributed by atoms with van der Waals surface area (Å²) in [6.07, 6.45) is 6.29. The second-order valence-corrected chi connectivity index (χ2v) is 4.01. The highest BCUT2D eigenvalue weighted by Gasteiger charge is 2.47. The number of nitro groups is 1. The van der Waals surface area contributed by atoms with Crippen LogP contribution in [0.2, 0.25) is 0 Å². The van der Waals surface area contributed by atoms with Crippen molar-refractivity contribution in [3.8, 4) is 0 Å². The molecule has 0 aromatic heterocycles. The Morgan fingerprint density at radius 2 is 1.94 bits per heavy atom. The molecule has 0 aliphatic heterocycles. The van der Waals surface area contributed by atoms with Crippen LogP contribution in [0, 0.1) is 10.1 Å². The Morgan fingerprint density at radius 3 is 2.56 bits per heavy atom. The molecule has 0 heterocycles. The van der Waals surface area contributed by atoms with Gasteiger partial charge in [0.1, 0.15) is 6.29 Å². The van der Waals surface area contributed by atoms with Crippen molar-refractivity contribution in [3.63, 3.8) is 0 Å². The summed E-state index contributed by atoms with van der Waals surface area (Å²) in [7, 11) is 0. The number of Topliss-reactive ketones (excluding diaryl/α,β-unsaturated/α-hetero) is 1. The summed E-state index contributed by atoms with van der Waals surface area (Å²) >= 11 is 0. The summed E-state index contributed by atoms with van der Waals surface area (Å²) in [6.45, 7) is 0. The molecule has 5 heteroatoms. The van der Waals surface area contributed by atoms with Crippen LogP contribution in [0.25, 0.3) is 0 Å². The number of hydrogen-bond donors (Lipinski definition) is 0. The van der Waals surface area contributed by atoms with Crippen LogP contribution in [0.15, 0.2) is 12.2 Å². The van der Waals surface area contributed by atoms with Crippen molar-refractivity contribution in [1.82, 2.24) is 0 Å². The molecule has 5 nitrogen and oxygen atoms in total. The largest absolute Gasteiger partial charge is 0.299 e. The standard InChI is InChI=1S/C11H15NO4/c13-9-5-8-11(12(15)16)7-4-2-1-3-6-10(11)14/h5,8-9H,1-4,6-7H2/b8-5+/t11-/m1/s1. The molecule has 16 heavy (non-hydrogen) atoms. The van der Waals surface area contributed by atoms with E-state index in [1.807, 2.05) is 0 Å². The first-order valence-corrected chi connectivity index (χ1v) is 5.44. The lowest BCUT2D eigenvalue weighted by Crippen LogP contribution is -2.45. The van der Waals surface area contributed by atoms with Crippen molar-refractivity contribution in [3.05, 3.63) is 22.3 Å². The van der Waals surface area contributed by atoms with Gasteiger partial charge in [-0.05, 0) is 18.9 Å². The van der Waals surface area contributed by atoms with Crippen molar-refractivity contribution < 1.29 is 14.5 Å². The molecule has 0 aromatic rings. The number of carbonyl (C=O) groups excluding carboxylic acids is 2. The lowest BCUT2D eigenvalue weighted by Gasteiger charge is -2.22. The molecule has 1 saturated carbocycles. The zero-order valence-electron chi connectivity index (χ0n) is 9.05. The maximum atomic E-state index is 11.8. The van der Waals surface area contributed by atoms with Crippen LogP contribution in [-0.4, -0.2) is 22.5 Å². The van der Waals surface area contributed by atoms with E-state index in [-0.39, 0.29) is 18.6 Å². The number of aldehydes is 1. The minimum atomic E-state index is -1.67. The smallest absolute Gasteiger partial charge is 0.297 e. The molecule has 0 N–H and O–H groups in total. The highest BCUT2D eigenvalue weighted by atomic mass is 16.6. The summed E-state index contributed by atoms with van der Waals surface area (Å²) in [5, 5.41) is 11.1. The highest BCUT2D eigenvalue weighted by molar-refractivity contribution is 5.90. The molecule has 0 spiro atoms. The van der Waals surface area contributed by atoms with Crippen LogP contribution in [0.4, 0.5) is 0 Å². The van der Waals surface area contributed by atoms with Crippen LogP contribution in [-0.2, 0) is 9.59 Å². The van der Waals surface area contributed by atoms with Crippen LogP contribution in [0.3, 0.4) is 0 Å². The second-order valence-electron chi connectivity index (χ2n) is 4.01. The minimum Gasteiger partial charge on any atom is -0.299 e. The van der Waals surface area contributed by atoms with Gasteiger partial charge in [-0.2, -0.15) is 0 Å². The van der Waals surface area contributed by atoms with Gasteiger partial charge < -0.3 is 0 Å². The van der Waals surface area contributed by atoms with E-state index in [0.717, 1.165) is 25.0 Å². The van der Waals surface area contributed by atoms with Gasteiger partial charge in [-0.15, -0.1) is 0 Å². The van der Waals surface area contributed by atoms with Crippen molar-refractivity contribution in [1.29, 1.82) is 0 Å². The maximum absolute atomic E-state index is 11.8. The van der Waals surface area contributed by atoms with Gasteiger partial charge in [-0.25, -0.2) is 0 Å². The van der Waals surface area contributed by atoms with Gasteiger partial charge in [0, 0.05) is 23.8 Å². The quantitative estimate of drug-likeness (QED) is 0.317. The number of nitrogens with zero attached hydrogens (tertiary/aromatic N) is 1.